The Morgan fingerprint density at radius 1 is 1.38 bits per heavy atom. The smallest absolute Gasteiger partial charge is 0.422 e. The van der Waals surface area contributed by atoms with Crippen LogP contribution in [0.1, 0.15) is 13.3 Å². The molecule has 5 nitrogen and oxygen atoms in total. The summed E-state index contributed by atoms with van der Waals surface area (Å²) in [5.41, 5.74) is 0. The summed E-state index contributed by atoms with van der Waals surface area (Å²) < 4.78 is 39.1. The Morgan fingerprint density at radius 3 is 2.31 bits per heavy atom. The zero-order chi connectivity index (χ0) is 12.8. The summed E-state index contributed by atoms with van der Waals surface area (Å²) in [6, 6.07) is 0. The van der Waals surface area contributed by atoms with Gasteiger partial charge in [-0.3, -0.25) is 4.79 Å². The van der Waals surface area contributed by atoms with E-state index in [0.717, 1.165) is 4.90 Å². The van der Waals surface area contributed by atoms with E-state index in [1.807, 2.05) is 0 Å². The highest BCUT2D eigenvalue weighted by Crippen LogP contribution is 2.15. The van der Waals surface area contributed by atoms with Crippen molar-refractivity contribution in [2.45, 2.75) is 19.5 Å². The van der Waals surface area contributed by atoms with Gasteiger partial charge in [0, 0.05) is 13.1 Å². The largest absolute Gasteiger partial charge is 0.481 e. The van der Waals surface area contributed by atoms with Crippen molar-refractivity contribution in [2.24, 2.45) is 0 Å². The Bertz CT molecular complexity index is 254. The van der Waals surface area contributed by atoms with Gasteiger partial charge < -0.3 is 14.7 Å². The number of halogens is 3. The number of hydrogen-bond acceptors (Lipinski definition) is 3. The molecule has 0 rings (SSSR count). The summed E-state index contributed by atoms with van der Waals surface area (Å²) in [6.07, 6.45) is -6.09. The average Bonchev–Trinajstić information content (AvgIpc) is 2.14. The van der Waals surface area contributed by atoms with Gasteiger partial charge in [-0.1, -0.05) is 0 Å². The monoisotopic (exact) mass is 243 g/mol. The highest BCUT2D eigenvalue weighted by Gasteiger charge is 2.30. The Kier molecular flexibility index (Phi) is 5.62. The van der Waals surface area contributed by atoms with Crippen molar-refractivity contribution in [1.82, 2.24) is 4.90 Å². The lowest BCUT2D eigenvalue weighted by Gasteiger charge is -2.19. The minimum absolute atomic E-state index is 0.0873. The number of carbonyl (C=O) groups is 2. The van der Waals surface area contributed by atoms with Gasteiger partial charge in [0.2, 0.25) is 0 Å². The van der Waals surface area contributed by atoms with Crippen molar-refractivity contribution in [3.8, 4) is 0 Å². The highest BCUT2D eigenvalue weighted by atomic mass is 19.4. The molecule has 1 N–H and O–H groups in total. The van der Waals surface area contributed by atoms with Gasteiger partial charge in [-0.05, 0) is 6.92 Å². The predicted molar refractivity (Wildman–Crippen MR) is 46.9 cm³/mol. The molecule has 94 valence electrons. The zero-order valence-electron chi connectivity index (χ0n) is 8.58. The molecule has 0 bridgehead atoms. The molecule has 0 aromatic carbocycles. The maximum atomic E-state index is 11.7. The second-order valence-electron chi connectivity index (χ2n) is 2.89. The maximum absolute atomic E-state index is 11.7. The summed E-state index contributed by atoms with van der Waals surface area (Å²) in [5, 5.41) is 8.34. The number of ether oxygens (including phenoxy) is 1. The van der Waals surface area contributed by atoms with Gasteiger partial charge in [0.25, 0.3) is 0 Å². The van der Waals surface area contributed by atoms with Crippen LogP contribution in [0, 0.1) is 0 Å². The number of carbonyl (C=O) groups excluding carboxylic acids is 1. The predicted octanol–water partition coefficient (Wildman–Crippen LogP) is 1.48. The fraction of sp³-hybridized carbons (Fsp3) is 0.750. The fourth-order valence-corrected chi connectivity index (χ4v) is 0.844. The van der Waals surface area contributed by atoms with Gasteiger partial charge in [-0.25, -0.2) is 4.79 Å². The van der Waals surface area contributed by atoms with E-state index in [1.54, 1.807) is 0 Å². The van der Waals surface area contributed by atoms with Gasteiger partial charge in [0.1, 0.15) is 0 Å². The molecular formula is C8H12F3NO4. The van der Waals surface area contributed by atoms with Crippen molar-refractivity contribution in [1.29, 1.82) is 0 Å². The molecule has 16 heavy (non-hydrogen) atoms. The van der Waals surface area contributed by atoms with E-state index >= 15 is 0 Å². The molecular weight excluding hydrogens is 231 g/mol. The number of nitrogens with zero attached hydrogens (tertiary/aromatic N) is 1. The average molecular weight is 243 g/mol. The Labute approximate surface area is 89.8 Å². The molecule has 8 heteroatoms. The second-order valence-corrected chi connectivity index (χ2v) is 2.89. The van der Waals surface area contributed by atoms with Crippen LogP contribution in [0.15, 0.2) is 0 Å². The zero-order valence-corrected chi connectivity index (χ0v) is 8.58. The maximum Gasteiger partial charge on any atom is 0.422 e. The van der Waals surface area contributed by atoms with Gasteiger partial charge >= 0.3 is 18.2 Å². The molecule has 0 aliphatic carbocycles. The Balaban J connectivity index is 4.06. The number of amides is 1. The Morgan fingerprint density at radius 2 is 1.94 bits per heavy atom. The molecule has 0 heterocycles. The van der Waals surface area contributed by atoms with Crippen molar-refractivity contribution in [3.05, 3.63) is 0 Å². The van der Waals surface area contributed by atoms with Gasteiger partial charge in [0.05, 0.1) is 6.42 Å². The first-order chi connectivity index (χ1) is 7.26. The molecule has 0 aliphatic heterocycles. The molecule has 0 unspecified atom stereocenters. The lowest BCUT2D eigenvalue weighted by atomic mass is 10.4. The first-order valence-electron chi connectivity index (χ1n) is 4.46. The normalized spacial score (nSPS) is 11.0. The van der Waals surface area contributed by atoms with Crippen LogP contribution < -0.4 is 0 Å². The third kappa shape index (κ3) is 6.91. The minimum Gasteiger partial charge on any atom is -0.481 e. The van der Waals surface area contributed by atoms with E-state index in [2.05, 4.69) is 4.74 Å². The van der Waals surface area contributed by atoms with Crippen LogP contribution in [0.3, 0.4) is 0 Å². The van der Waals surface area contributed by atoms with E-state index < -0.39 is 24.8 Å². The molecule has 0 fully saturated rings. The first kappa shape index (κ1) is 14.5. The number of carboxylic acids is 1. The lowest BCUT2D eigenvalue weighted by molar-refractivity contribution is -0.162. The third-order valence-corrected chi connectivity index (χ3v) is 1.59. The topological polar surface area (TPSA) is 66.8 Å². The molecule has 0 saturated heterocycles. The van der Waals surface area contributed by atoms with Crippen molar-refractivity contribution < 1.29 is 32.6 Å². The Hall–Kier alpha value is -1.47. The van der Waals surface area contributed by atoms with Crippen LogP contribution in [0.2, 0.25) is 0 Å². The van der Waals surface area contributed by atoms with E-state index in [0.29, 0.717) is 0 Å². The fourth-order valence-electron chi connectivity index (χ4n) is 0.844. The van der Waals surface area contributed by atoms with E-state index in [-0.39, 0.29) is 19.5 Å². The van der Waals surface area contributed by atoms with Gasteiger partial charge in [-0.15, -0.1) is 0 Å². The van der Waals surface area contributed by atoms with Crippen LogP contribution in [-0.4, -0.2) is 47.9 Å². The van der Waals surface area contributed by atoms with Crippen LogP contribution >= 0.6 is 0 Å². The summed E-state index contributed by atoms with van der Waals surface area (Å²) >= 11 is 0. The number of aliphatic carboxylic acids is 1. The highest BCUT2D eigenvalue weighted by molar-refractivity contribution is 5.70. The standard InChI is InChI=1S/C8H12F3NO4/c1-2-12(4-3-6(13)14)7(15)16-5-8(9,10)11/h2-5H2,1H3,(H,13,14). The van der Waals surface area contributed by atoms with Crippen molar-refractivity contribution in [3.63, 3.8) is 0 Å². The van der Waals surface area contributed by atoms with E-state index in [9.17, 15) is 22.8 Å². The SMILES string of the molecule is CCN(CCC(=O)O)C(=O)OCC(F)(F)F. The molecule has 1 amide bonds. The van der Waals surface area contributed by atoms with Crippen LogP contribution in [0.5, 0.6) is 0 Å². The molecule has 0 spiro atoms. The number of alkyl halides is 3. The van der Waals surface area contributed by atoms with Gasteiger partial charge in [0.15, 0.2) is 6.61 Å². The minimum atomic E-state index is -4.58. The molecule has 0 atom stereocenters. The number of rotatable bonds is 5. The number of carboxylic acid groups (broad SMARTS) is 1. The molecule has 0 aromatic rings. The van der Waals surface area contributed by atoms with Crippen LogP contribution in [-0.2, 0) is 9.53 Å². The molecule has 0 aromatic heterocycles. The quantitative estimate of drug-likeness (QED) is 0.794. The third-order valence-electron chi connectivity index (χ3n) is 1.59. The summed E-state index contributed by atoms with van der Waals surface area (Å²) in [7, 11) is 0. The van der Waals surface area contributed by atoms with Gasteiger partial charge in [-0.2, -0.15) is 13.2 Å². The van der Waals surface area contributed by atoms with Crippen LogP contribution in [0.25, 0.3) is 0 Å². The van der Waals surface area contributed by atoms with Crippen molar-refractivity contribution in [2.75, 3.05) is 19.7 Å². The first-order valence-corrected chi connectivity index (χ1v) is 4.46. The van der Waals surface area contributed by atoms with E-state index in [1.165, 1.54) is 6.92 Å². The van der Waals surface area contributed by atoms with Crippen molar-refractivity contribution >= 4 is 12.1 Å². The molecule has 0 radical (unpaired) electrons. The number of hydrogen-bond donors (Lipinski definition) is 1. The molecule has 0 aliphatic rings. The summed E-state index contributed by atoms with van der Waals surface area (Å²) in [6.45, 7) is -0.251. The lowest BCUT2D eigenvalue weighted by Crippen LogP contribution is -2.35. The van der Waals surface area contributed by atoms with Crippen LogP contribution in [0.4, 0.5) is 18.0 Å². The summed E-state index contributed by atoms with van der Waals surface area (Å²) in [4.78, 5) is 22.1. The second kappa shape index (κ2) is 6.19. The summed E-state index contributed by atoms with van der Waals surface area (Å²) in [5.74, 6) is -1.14. The van der Waals surface area contributed by atoms with E-state index in [4.69, 9.17) is 5.11 Å². The molecule has 0 saturated carbocycles.